The predicted molar refractivity (Wildman–Crippen MR) is 74.4 cm³/mol. The summed E-state index contributed by atoms with van der Waals surface area (Å²) in [6, 6.07) is 8.22. The fourth-order valence-electron chi connectivity index (χ4n) is 1.58. The molecule has 0 aliphatic carbocycles. The van der Waals surface area contributed by atoms with Crippen LogP contribution < -0.4 is 11.1 Å². The summed E-state index contributed by atoms with van der Waals surface area (Å²) in [7, 11) is 0. The van der Waals surface area contributed by atoms with Gasteiger partial charge in [0.2, 0.25) is 0 Å². The Balaban J connectivity index is 2.08. The fraction of sp³-hybridized carbons (Fsp3) is 0.154. The minimum Gasteiger partial charge on any atom is -0.448 e. The first-order valence-electron chi connectivity index (χ1n) is 5.77. The Hall–Kier alpha value is -2.41. The van der Waals surface area contributed by atoms with Crippen LogP contribution in [0.15, 0.2) is 30.3 Å². The number of thiophene rings is 1. The molecule has 1 heterocycles. The molecule has 1 atom stereocenters. The molecule has 3 N–H and O–H groups in total. The van der Waals surface area contributed by atoms with Crippen molar-refractivity contribution in [3.63, 3.8) is 0 Å². The van der Waals surface area contributed by atoms with Crippen LogP contribution in [0.2, 0.25) is 0 Å². The second kappa shape index (κ2) is 5.70. The van der Waals surface area contributed by atoms with Crippen LogP contribution in [-0.4, -0.2) is 24.0 Å². The van der Waals surface area contributed by atoms with Gasteiger partial charge in [-0.3, -0.25) is 10.1 Å². The van der Waals surface area contributed by atoms with Gasteiger partial charge in [0.25, 0.3) is 5.91 Å². The number of nitrogens with two attached hydrogens (primary N) is 1. The van der Waals surface area contributed by atoms with E-state index in [2.05, 4.69) is 0 Å². The van der Waals surface area contributed by atoms with Gasteiger partial charge in [-0.1, -0.05) is 18.2 Å². The van der Waals surface area contributed by atoms with E-state index in [1.165, 1.54) is 18.3 Å². The van der Waals surface area contributed by atoms with Gasteiger partial charge in [0.15, 0.2) is 6.10 Å². The number of primary amides is 1. The molecule has 2 rings (SSSR count). The minimum atomic E-state index is -1.10. The number of amides is 3. The van der Waals surface area contributed by atoms with Crippen molar-refractivity contribution in [3.05, 3.63) is 35.2 Å². The van der Waals surface area contributed by atoms with E-state index in [1.807, 2.05) is 29.6 Å². The largest absolute Gasteiger partial charge is 0.448 e. The minimum absolute atomic E-state index is 0.393. The molecule has 0 aliphatic rings. The monoisotopic (exact) mass is 292 g/mol. The number of carbonyl (C=O) groups is 3. The maximum absolute atomic E-state index is 11.9. The molecule has 0 saturated carbocycles. The highest BCUT2D eigenvalue weighted by Crippen LogP contribution is 2.25. The van der Waals surface area contributed by atoms with Gasteiger partial charge in [0, 0.05) is 4.70 Å². The van der Waals surface area contributed by atoms with E-state index in [0.717, 1.165) is 10.1 Å². The quantitative estimate of drug-likeness (QED) is 0.840. The third-order valence-electron chi connectivity index (χ3n) is 2.53. The number of rotatable bonds is 3. The van der Waals surface area contributed by atoms with Gasteiger partial charge in [0.05, 0.1) is 0 Å². The highest BCUT2D eigenvalue weighted by molar-refractivity contribution is 7.20. The molecule has 1 aromatic carbocycles. The van der Waals surface area contributed by atoms with Crippen LogP contribution >= 0.6 is 11.3 Å². The summed E-state index contributed by atoms with van der Waals surface area (Å²) in [6.07, 6.45) is -1.10. The van der Waals surface area contributed by atoms with Crippen LogP contribution in [0.5, 0.6) is 0 Å². The molecule has 0 bridgehead atoms. The van der Waals surface area contributed by atoms with Gasteiger partial charge in [-0.25, -0.2) is 9.59 Å². The Morgan fingerprint density at radius 3 is 2.65 bits per heavy atom. The zero-order valence-corrected chi connectivity index (χ0v) is 11.4. The average Bonchev–Trinajstić information content (AvgIpc) is 2.81. The van der Waals surface area contributed by atoms with E-state index in [1.54, 1.807) is 6.07 Å². The molecule has 20 heavy (non-hydrogen) atoms. The summed E-state index contributed by atoms with van der Waals surface area (Å²) in [5.41, 5.74) is 4.81. The number of benzene rings is 1. The Bertz CT molecular complexity index is 647. The Morgan fingerprint density at radius 2 is 2.00 bits per heavy atom. The fourth-order valence-corrected chi connectivity index (χ4v) is 2.52. The van der Waals surface area contributed by atoms with Gasteiger partial charge in [0.1, 0.15) is 4.88 Å². The van der Waals surface area contributed by atoms with Gasteiger partial charge in [-0.15, -0.1) is 11.3 Å². The van der Waals surface area contributed by atoms with Gasteiger partial charge < -0.3 is 10.5 Å². The van der Waals surface area contributed by atoms with E-state index >= 15 is 0 Å². The van der Waals surface area contributed by atoms with Crippen LogP contribution in [0.3, 0.4) is 0 Å². The lowest BCUT2D eigenvalue weighted by Gasteiger charge is -2.10. The van der Waals surface area contributed by atoms with Crippen molar-refractivity contribution < 1.29 is 19.1 Å². The van der Waals surface area contributed by atoms with Crippen LogP contribution in [0.4, 0.5) is 4.79 Å². The third-order valence-corrected chi connectivity index (χ3v) is 3.62. The second-order valence-electron chi connectivity index (χ2n) is 4.05. The molecule has 0 radical (unpaired) electrons. The molecule has 2 aromatic rings. The first kappa shape index (κ1) is 14.0. The zero-order chi connectivity index (χ0) is 14.7. The molecule has 1 unspecified atom stereocenters. The number of carbonyl (C=O) groups excluding carboxylic acids is 3. The van der Waals surface area contributed by atoms with Crippen molar-refractivity contribution in [2.75, 3.05) is 0 Å². The van der Waals surface area contributed by atoms with Crippen LogP contribution in [0, 0.1) is 0 Å². The van der Waals surface area contributed by atoms with Crippen molar-refractivity contribution >= 4 is 39.3 Å². The second-order valence-corrected chi connectivity index (χ2v) is 5.13. The third kappa shape index (κ3) is 3.12. The number of urea groups is 1. The predicted octanol–water partition coefficient (Wildman–Crippen LogP) is 1.64. The molecule has 7 heteroatoms. The van der Waals surface area contributed by atoms with E-state index in [9.17, 15) is 14.4 Å². The first-order valence-corrected chi connectivity index (χ1v) is 6.59. The number of hydrogen-bond donors (Lipinski definition) is 2. The Labute approximate surface area is 118 Å². The number of ether oxygens (including phenoxy) is 1. The lowest BCUT2D eigenvalue weighted by molar-refractivity contribution is -0.127. The van der Waals surface area contributed by atoms with Gasteiger partial charge in [-0.2, -0.15) is 0 Å². The maximum atomic E-state index is 11.9. The first-order chi connectivity index (χ1) is 9.47. The molecule has 104 valence electrons. The molecule has 1 aromatic heterocycles. The van der Waals surface area contributed by atoms with Gasteiger partial charge in [-0.05, 0) is 24.4 Å². The summed E-state index contributed by atoms with van der Waals surface area (Å²) in [5.74, 6) is -1.37. The number of nitrogens with one attached hydrogen (secondary N) is 1. The molecule has 0 fully saturated rings. The van der Waals surface area contributed by atoms with Crippen LogP contribution in [0.1, 0.15) is 16.6 Å². The highest BCUT2D eigenvalue weighted by Gasteiger charge is 2.21. The van der Waals surface area contributed by atoms with Crippen molar-refractivity contribution in [2.24, 2.45) is 5.73 Å². The average molecular weight is 292 g/mol. The van der Waals surface area contributed by atoms with E-state index < -0.39 is 24.0 Å². The lowest BCUT2D eigenvalue weighted by atomic mass is 10.2. The standard InChI is InChI=1S/C13H12N2O4S/c1-7(11(16)15-13(14)18)19-12(17)10-6-8-4-2-3-5-9(8)20-10/h2-7H,1H3,(H3,14,15,16,18). The molecule has 6 nitrogen and oxygen atoms in total. The van der Waals surface area contributed by atoms with Gasteiger partial charge >= 0.3 is 12.0 Å². The summed E-state index contributed by atoms with van der Waals surface area (Å²) >= 11 is 1.28. The zero-order valence-electron chi connectivity index (χ0n) is 10.6. The number of esters is 1. The number of fused-ring (bicyclic) bond motifs is 1. The molecule has 3 amide bonds. The molecule has 0 aliphatic heterocycles. The van der Waals surface area contributed by atoms with Crippen molar-refractivity contribution in [1.29, 1.82) is 0 Å². The number of imide groups is 1. The topological polar surface area (TPSA) is 98.5 Å². The lowest BCUT2D eigenvalue weighted by Crippen LogP contribution is -2.42. The van der Waals surface area contributed by atoms with Crippen molar-refractivity contribution in [1.82, 2.24) is 5.32 Å². The highest BCUT2D eigenvalue weighted by atomic mass is 32.1. The molecular weight excluding hydrogens is 280 g/mol. The SMILES string of the molecule is CC(OC(=O)c1cc2ccccc2s1)C(=O)NC(N)=O. The number of hydrogen-bond acceptors (Lipinski definition) is 5. The normalized spacial score (nSPS) is 11.8. The van der Waals surface area contributed by atoms with Crippen LogP contribution in [-0.2, 0) is 9.53 Å². The van der Waals surface area contributed by atoms with Crippen molar-refractivity contribution in [2.45, 2.75) is 13.0 Å². The Morgan fingerprint density at radius 1 is 1.30 bits per heavy atom. The summed E-state index contributed by atoms with van der Waals surface area (Å²) in [4.78, 5) is 34.2. The smallest absolute Gasteiger partial charge is 0.349 e. The maximum Gasteiger partial charge on any atom is 0.349 e. The van der Waals surface area contributed by atoms with Crippen molar-refractivity contribution in [3.8, 4) is 0 Å². The summed E-state index contributed by atoms with van der Waals surface area (Å²) in [5, 5.41) is 2.78. The molecular formula is C13H12N2O4S. The Kier molecular flexibility index (Phi) is 3.99. The van der Waals surface area contributed by atoms with E-state index in [4.69, 9.17) is 10.5 Å². The van der Waals surface area contributed by atoms with E-state index in [0.29, 0.717) is 4.88 Å². The molecule has 0 spiro atoms. The van der Waals surface area contributed by atoms with Crippen LogP contribution in [0.25, 0.3) is 10.1 Å². The summed E-state index contributed by atoms with van der Waals surface area (Å²) in [6.45, 7) is 1.36. The molecule has 0 saturated heterocycles. The summed E-state index contributed by atoms with van der Waals surface area (Å²) < 4.78 is 5.93. The van der Waals surface area contributed by atoms with E-state index in [-0.39, 0.29) is 0 Å².